The number of aromatic nitrogens is 2. The molecule has 2 N–H and O–H groups in total. The molecule has 0 radical (unpaired) electrons. The highest BCUT2D eigenvalue weighted by atomic mass is 35.5. The van der Waals surface area contributed by atoms with E-state index in [4.69, 9.17) is 11.6 Å². The van der Waals surface area contributed by atoms with Crippen LogP contribution in [-0.4, -0.2) is 16.3 Å². The van der Waals surface area contributed by atoms with Crippen molar-refractivity contribution in [3.05, 3.63) is 50.9 Å². The van der Waals surface area contributed by atoms with Gasteiger partial charge in [0.25, 0.3) is 5.56 Å². The van der Waals surface area contributed by atoms with Gasteiger partial charge in [-0.1, -0.05) is 23.7 Å². The monoisotopic (exact) mass is 249 g/mol. The van der Waals surface area contributed by atoms with Crippen molar-refractivity contribution in [3.8, 4) is 5.69 Å². The Bertz CT molecular complexity index is 614. The predicted octanol–water partition coefficient (Wildman–Crippen LogP) is 1.46. The highest BCUT2D eigenvalue weighted by molar-refractivity contribution is 6.32. The Hall–Kier alpha value is -1.52. The highest BCUT2D eigenvalue weighted by Crippen LogP contribution is 2.19. The number of nitrogens with zero attached hydrogens (tertiary/aromatic N) is 1. The molecule has 0 fully saturated rings. The molecule has 2 aromatic rings. The third-order valence-corrected chi connectivity index (χ3v) is 3.34. The van der Waals surface area contributed by atoms with Crippen molar-refractivity contribution in [1.82, 2.24) is 15.1 Å². The molecular weight excluding hydrogens is 238 g/mol. The van der Waals surface area contributed by atoms with Gasteiger partial charge >= 0.3 is 0 Å². The van der Waals surface area contributed by atoms with Crippen molar-refractivity contribution < 1.29 is 0 Å². The summed E-state index contributed by atoms with van der Waals surface area (Å²) < 4.78 is 1.53. The lowest BCUT2D eigenvalue weighted by Gasteiger charge is -2.09. The smallest absolute Gasteiger partial charge is 0.276 e. The van der Waals surface area contributed by atoms with Crippen LogP contribution in [-0.2, 0) is 13.0 Å². The van der Waals surface area contributed by atoms with Crippen LogP contribution in [0.5, 0.6) is 0 Å². The van der Waals surface area contributed by atoms with Crippen molar-refractivity contribution in [2.45, 2.75) is 13.0 Å². The van der Waals surface area contributed by atoms with Gasteiger partial charge in [0.05, 0.1) is 16.3 Å². The first-order valence-electron chi connectivity index (χ1n) is 5.56. The first kappa shape index (κ1) is 10.6. The van der Waals surface area contributed by atoms with Gasteiger partial charge in [0.1, 0.15) is 0 Å². The third-order valence-electron chi connectivity index (χ3n) is 3.02. The average Bonchev–Trinajstić information content (AvgIpc) is 2.68. The van der Waals surface area contributed by atoms with Crippen LogP contribution >= 0.6 is 11.6 Å². The maximum absolute atomic E-state index is 12.2. The number of rotatable bonds is 1. The Morgan fingerprint density at radius 2 is 2.12 bits per heavy atom. The molecule has 88 valence electrons. The fraction of sp³-hybridized carbons (Fsp3) is 0.250. The molecule has 0 spiro atoms. The van der Waals surface area contributed by atoms with Crippen LogP contribution in [0.2, 0.25) is 5.02 Å². The van der Waals surface area contributed by atoms with Gasteiger partial charge in [0.2, 0.25) is 0 Å². The van der Waals surface area contributed by atoms with E-state index in [1.165, 1.54) is 4.68 Å². The van der Waals surface area contributed by atoms with Crippen LogP contribution in [0.1, 0.15) is 11.3 Å². The Kier molecular flexibility index (Phi) is 2.53. The summed E-state index contributed by atoms with van der Waals surface area (Å²) in [6.07, 6.45) is 0.849. The van der Waals surface area contributed by atoms with Gasteiger partial charge in [-0.15, -0.1) is 0 Å². The molecule has 1 aromatic carbocycles. The second kappa shape index (κ2) is 4.05. The maximum Gasteiger partial charge on any atom is 0.276 e. The van der Waals surface area contributed by atoms with Gasteiger partial charge in [0, 0.05) is 25.2 Å². The Morgan fingerprint density at radius 3 is 2.88 bits per heavy atom. The summed E-state index contributed by atoms with van der Waals surface area (Å²) in [5.74, 6) is 0. The number of benzene rings is 1. The lowest BCUT2D eigenvalue weighted by molar-refractivity contribution is 0.634. The van der Waals surface area contributed by atoms with Crippen LogP contribution in [0.25, 0.3) is 5.69 Å². The Labute approximate surface area is 103 Å². The van der Waals surface area contributed by atoms with E-state index in [9.17, 15) is 4.79 Å². The number of nitrogens with one attached hydrogen (secondary N) is 2. The van der Waals surface area contributed by atoms with E-state index < -0.39 is 0 Å². The largest absolute Gasteiger partial charge is 0.312 e. The summed E-state index contributed by atoms with van der Waals surface area (Å²) in [4.78, 5) is 12.2. The van der Waals surface area contributed by atoms with Gasteiger partial charge in [-0.05, 0) is 12.1 Å². The summed E-state index contributed by atoms with van der Waals surface area (Å²) in [5.41, 5.74) is 2.51. The molecule has 17 heavy (non-hydrogen) atoms. The Balaban J connectivity index is 2.20. The molecule has 1 aromatic heterocycles. The normalized spacial score (nSPS) is 14.6. The number of H-pyrrole nitrogens is 1. The molecule has 0 bridgehead atoms. The molecule has 0 saturated carbocycles. The molecule has 5 heteroatoms. The molecule has 0 saturated heterocycles. The molecule has 2 heterocycles. The molecule has 0 aliphatic carbocycles. The third kappa shape index (κ3) is 1.69. The second-order valence-electron chi connectivity index (χ2n) is 4.09. The highest BCUT2D eigenvalue weighted by Gasteiger charge is 2.18. The number of fused-ring (bicyclic) bond motifs is 1. The van der Waals surface area contributed by atoms with E-state index in [-0.39, 0.29) is 5.56 Å². The van der Waals surface area contributed by atoms with Crippen molar-refractivity contribution in [2.75, 3.05) is 6.54 Å². The van der Waals surface area contributed by atoms with E-state index >= 15 is 0 Å². The van der Waals surface area contributed by atoms with E-state index in [0.717, 1.165) is 24.2 Å². The van der Waals surface area contributed by atoms with Gasteiger partial charge in [0.15, 0.2) is 0 Å². The molecule has 0 atom stereocenters. The van der Waals surface area contributed by atoms with Crippen molar-refractivity contribution in [1.29, 1.82) is 0 Å². The minimum absolute atomic E-state index is 0.0136. The van der Waals surface area contributed by atoms with Crippen LogP contribution < -0.4 is 10.9 Å². The summed E-state index contributed by atoms with van der Waals surface area (Å²) in [7, 11) is 0. The number of halogens is 1. The van der Waals surface area contributed by atoms with Crippen LogP contribution in [0.15, 0.2) is 29.1 Å². The van der Waals surface area contributed by atoms with E-state index in [1.807, 2.05) is 18.2 Å². The average molecular weight is 250 g/mol. The molecule has 1 aliphatic rings. The van der Waals surface area contributed by atoms with Gasteiger partial charge in [-0.2, -0.15) is 0 Å². The number of hydrogen-bond donors (Lipinski definition) is 2. The maximum atomic E-state index is 12.2. The van der Waals surface area contributed by atoms with Gasteiger partial charge in [-0.25, -0.2) is 4.68 Å². The zero-order chi connectivity index (χ0) is 11.8. The van der Waals surface area contributed by atoms with E-state index in [2.05, 4.69) is 10.4 Å². The number of para-hydroxylation sites is 1. The van der Waals surface area contributed by atoms with Crippen molar-refractivity contribution >= 4 is 11.6 Å². The second-order valence-corrected chi connectivity index (χ2v) is 4.49. The first-order chi connectivity index (χ1) is 8.27. The summed E-state index contributed by atoms with van der Waals surface area (Å²) in [5, 5.41) is 6.90. The fourth-order valence-electron chi connectivity index (χ4n) is 2.14. The molecular formula is C12H12ClN3O. The fourth-order valence-corrected chi connectivity index (χ4v) is 2.36. The van der Waals surface area contributed by atoms with Crippen LogP contribution in [0, 0.1) is 0 Å². The van der Waals surface area contributed by atoms with Crippen LogP contribution in [0.4, 0.5) is 0 Å². The van der Waals surface area contributed by atoms with Gasteiger partial charge in [-0.3, -0.25) is 9.89 Å². The van der Waals surface area contributed by atoms with Crippen molar-refractivity contribution in [3.63, 3.8) is 0 Å². The van der Waals surface area contributed by atoms with E-state index in [0.29, 0.717) is 17.3 Å². The summed E-state index contributed by atoms with van der Waals surface area (Å²) >= 11 is 6.10. The topological polar surface area (TPSA) is 49.8 Å². The molecule has 0 unspecified atom stereocenters. The minimum atomic E-state index is -0.0136. The van der Waals surface area contributed by atoms with Crippen LogP contribution in [0.3, 0.4) is 0 Å². The lowest BCUT2D eigenvalue weighted by Crippen LogP contribution is -2.27. The van der Waals surface area contributed by atoms with Crippen molar-refractivity contribution in [2.24, 2.45) is 0 Å². The van der Waals surface area contributed by atoms with Gasteiger partial charge < -0.3 is 5.32 Å². The minimum Gasteiger partial charge on any atom is -0.312 e. The summed E-state index contributed by atoms with van der Waals surface area (Å²) in [6.45, 7) is 1.53. The molecule has 4 nitrogen and oxygen atoms in total. The number of aromatic amines is 1. The first-order valence-corrected chi connectivity index (χ1v) is 5.93. The quantitative estimate of drug-likeness (QED) is 0.804. The SMILES string of the molecule is O=c1c2c([nH]n1-c1ccccc1Cl)CCNC2. The zero-order valence-electron chi connectivity index (χ0n) is 9.16. The number of hydrogen-bond acceptors (Lipinski definition) is 2. The molecule has 1 aliphatic heterocycles. The molecule has 0 amide bonds. The Morgan fingerprint density at radius 1 is 1.29 bits per heavy atom. The molecule has 3 rings (SSSR count). The summed E-state index contributed by atoms with van der Waals surface area (Å²) in [6, 6.07) is 7.33. The van der Waals surface area contributed by atoms with E-state index in [1.54, 1.807) is 6.07 Å². The predicted molar refractivity (Wildman–Crippen MR) is 66.8 cm³/mol. The zero-order valence-corrected chi connectivity index (χ0v) is 9.92. The lowest BCUT2D eigenvalue weighted by atomic mass is 10.1. The standard InChI is InChI=1S/C12H12ClN3O/c13-9-3-1-2-4-11(9)16-12(17)8-7-14-6-5-10(8)15-16/h1-4,14-15H,5-7H2.